The fraction of sp³-hybridized carbons (Fsp3) is 0.444. The molecular weight excluding hydrogens is 255 g/mol. The molecule has 1 rings (SSSR count). The molecule has 0 saturated carbocycles. The zero-order valence-corrected chi connectivity index (χ0v) is 9.31. The van der Waals surface area contributed by atoms with Crippen LogP contribution in [0, 0.1) is 0 Å². The van der Waals surface area contributed by atoms with Crippen LogP contribution >= 0.6 is 0 Å². The summed E-state index contributed by atoms with van der Waals surface area (Å²) < 4.78 is 41.6. The Kier molecular flexibility index (Phi) is 4.29. The molecule has 1 N–H and O–H groups in total. The highest BCUT2D eigenvalue weighted by molar-refractivity contribution is 5.73. The minimum absolute atomic E-state index is 0.00469. The number of nitrogens with zero attached hydrogens (tertiary/aromatic N) is 3. The maximum atomic E-state index is 12.3. The van der Waals surface area contributed by atoms with Gasteiger partial charge in [-0.05, 0) is 0 Å². The molecule has 0 amide bonds. The molecule has 100 valence electrons. The zero-order chi connectivity index (χ0) is 13.8. The average molecular weight is 265 g/mol. The van der Waals surface area contributed by atoms with Crippen LogP contribution in [0.15, 0.2) is 12.4 Å². The fourth-order valence-corrected chi connectivity index (χ4v) is 1.19. The van der Waals surface area contributed by atoms with Crippen LogP contribution in [0.5, 0.6) is 5.88 Å². The van der Waals surface area contributed by atoms with Gasteiger partial charge in [0.15, 0.2) is 5.82 Å². The molecule has 0 saturated heterocycles. The van der Waals surface area contributed by atoms with Crippen molar-refractivity contribution in [2.75, 3.05) is 25.1 Å². The highest BCUT2D eigenvalue weighted by atomic mass is 19.4. The van der Waals surface area contributed by atoms with Gasteiger partial charge in [-0.1, -0.05) is 0 Å². The van der Waals surface area contributed by atoms with Crippen molar-refractivity contribution in [2.45, 2.75) is 6.18 Å². The number of carbonyl (C=O) groups is 1. The third kappa shape index (κ3) is 4.44. The summed E-state index contributed by atoms with van der Waals surface area (Å²) in [7, 11) is 1.28. The van der Waals surface area contributed by atoms with Gasteiger partial charge >= 0.3 is 12.1 Å². The van der Waals surface area contributed by atoms with E-state index in [9.17, 15) is 18.0 Å². The van der Waals surface area contributed by atoms with Crippen LogP contribution in [-0.4, -0.2) is 47.4 Å². The number of aromatic nitrogens is 2. The smallest absolute Gasteiger partial charge is 0.405 e. The van der Waals surface area contributed by atoms with E-state index in [0.29, 0.717) is 4.90 Å². The molecule has 0 aromatic carbocycles. The SMILES string of the molecule is COc1cncc(N(CC(=O)O)CC(F)(F)F)n1. The van der Waals surface area contributed by atoms with Gasteiger partial charge in [-0.25, -0.2) is 0 Å². The van der Waals surface area contributed by atoms with Crippen molar-refractivity contribution in [3.8, 4) is 5.88 Å². The Hall–Kier alpha value is -2.06. The second kappa shape index (κ2) is 5.52. The fourth-order valence-electron chi connectivity index (χ4n) is 1.19. The Labute approximate surface area is 100 Å². The third-order valence-corrected chi connectivity index (χ3v) is 1.83. The molecule has 0 fully saturated rings. The summed E-state index contributed by atoms with van der Waals surface area (Å²) in [6.07, 6.45) is -2.30. The Morgan fingerprint density at radius 2 is 2.17 bits per heavy atom. The van der Waals surface area contributed by atoms with E-state index in [4.69, 9.17) is 9.84 Å². The van der Waals surface area contributed by atoms with Crippen LogP contribution in [-0.2, 0) is 4.79 Å². The predicted molar refractivity (Wildman–Crippen MR) is 54.5 cm³/mol. The number of methoxy groups -OCH3 is 1. The van der Waals surface area contributed by atoms with E-state index in [1.807, 2.05) is 0 Å². The van der Waals surface area contributed by atoms with Gasteiger partial charge in [-0.3, -0.25) is 9.78 Å². The molecule has 0 aliphatic rings. The van der Waals surface area contributed by atoms with Crippen LogP contribution in [0.25, 0.3) is 0 Å². The second-order valence-corrected chi connectivity index (χ2v) is 3.28. The first-order valence-corrected chi connectivity index (χ1v) is 4.71. The molecule has 0 spiro atoms. The minimum Gasteiger partial charge on any atom is -0.480 e. The van der Waals surface area contributed by atoms with Crippen LogP contribution in [0.3, 0.4) is 0 Å². The van der Waals surface area contributed by atoms with Crippen molar-refractivity contribution in [3.63, 3.8) is 0 Å². The number of hydrogen-bond donors (Lipinski definition) is 1. The van der Waals surface area contributed by atoms with Crippen molar-refractivity contribution in [1.82, 2.24) is 9.97 Å². The highest BCUT2D eigenvalue weighted by Gasteiger charge is 2.32. The quantitative estimate of drug-likeness (QED) is 0.853. The van der Waals surface area contributed by atoms with Gasteiger partial charge in [0, 0.05) is 0 Å². The number of carboxylic acids is 1. The maximum absolute atomic E-state index is 12.3. The lowest BCUT2D eigenvalue weighted by Crippen LogP contribution is -2.38. The summed E-state index contributed by atoms with van der Waals surface area (Å²) in [6, 6.07) is 0. The van der Waals surface area contributed by atoms with Crippen LogP contribution in [0.4, 0.5) is 19.0 Å². The summed E-state index contributed by atoms with van der Waals surface area (Å²) in [5, 5.41) is 8.58. The number of carboxylic acid groups (broad SMARTS) is 1. The van der Waals surface area contributed by atoms with Gasteiger partial charge in [0.25, 0.3) is 0 Å². The lowest BCUT2D eigenvalue weighted by molar-refractivity contribution is -0.136. The summed E-state index contributed by atoms with van der Waals surface area (Å²) in [5.74, 6) is -1.61. The molecule has 0 aliphatic heterocycles. The van der Waals surface area contributed by atoms with Crippen LogP contribution in [0.2, 0.25) is 0 Å². The highest BCUT2D eigenvalue weighted by Crippen LogP contribution is 2.21. The lowest BCUT2D eigenvalue weighted by atomic mass is 10.4. The molecule has 6 nitrogen and oxygen atoms in total. The summed E-state index contributed by atoms with van der Waals surface area (Å²) in [6.45, 7) is -2.26. The van der Waals surface area contributed by atoms with Crippen LogP contribution < -0.4 is 9.64 Å². The first kappa shape index (κ1) is 14.0. The number of aliphatic carboxylic acids is 1. The van der Waals surface area contributed by atoms with E-state index in [0.717, 1.165) is 6.20 Å². The molecule has 1 aromatic heterocycles. The first-order chi connectivity index (χ1) is 8.31. The predicted octanol–water partition coefficient (Wildman–Crippen LogP) is 0.939. The van der Waals surface area contributed by atoms with Crippen LogP contribution in [0.1, 0.15) is 0 Å². The Bertz CT molecular complexity index is 425. The Morgan fingerprint density at radius 3 is 2.67 bits per heavy atom. The van der Waals surface area contributed by atoms with Crippen molar-refractivity contribution in [1.29, 1.82) is 0 Å². The summed E-state index contributed by atoms with van der Waals surface area (Å²) in [4.78, 5) is 18.4. The van der Waals surface area contributed by atoms with Crippen molar-refractivity contribution in [2.24, 2.45) is 0 Å². The Balaban J connectivity index is 2.96. The topological polar surface area (TPSA) is 75.5 Å². The normalized spacial score (nSPS) is 11.1. The number of hydrogen-bond acceptors (Lipinski definition) is 5. The van der Waals surface area contributed by atoms with E-state index >= 15 is 0 Å². The number of anilines is 1. The average Bonchev–Trinajstić information content (AvgIpc) is 2.26. The van der Waals surface area contributed by atoms with Crippen molar-refractivity contribution < 1.29 is 27.8 Å². The molecule has 9 heteroatoms. The lowest BCUT2D eigenvalue weighted by Gasteiger charge is -2.22. The van der Waals surface area contributed by atoms with Gasteiger partial charge in [-0.15, -0.1) is 0 Å². The van der Waals surface area contributed by atoms with E-state index in [-0.39, 0.29) is 11.7 Å². The molecule has 1 heterocycles. The van der Waals surface area contributed by atoms with E-state index < -0.39 is 25.2 Å². The largest absolute Gasteiger partial charge is 0.480 e. The molecule has 0 aliphatic carbocycles. The molecule has 0 unspecified atom stereocenters. The first-order valence-electron chi connectivity index (χ1n) is 4.71. The monoisotopic (exact) mass is 265 g/mol. The van der Waals surface area contributed by atoms with Gasteiger partial charge in [0.2, 0.25) is 5.88 Å². The van der Waals surface area contributed by atoms with Crippen molar-refractivity contribution in [3.05, 3.63) is 12.4 Å². The number of halogens is 3. The molecule has 0 atom stereocenters. The molecule has 18 heavy (non-hydrogen) atoms. The van der Waals surface area contributed by atoms with Gasteiger partial charge in [-0.2, -0.15) is 18.2 Å². The number of alkyl halides is 3. The van der Waals surface area contributed by atoms with Gasteiger partial charge < -0.3 is 14.7 Å². The van der Waals surface area contributed by atoms with E-state index in [1.54, 1.807) is 0 Å². The summed E-state index contributed by atoms with van der Waals surface area (Å²) >= 11 is 0. The maximum Gasteiger partial charge on any atom is 0.405 e. The molecular formula is C9H10F3N3O3. The standard InChI is InChI=1S/C9H10F3N3O3/c1-18-7-3-13-2-6(14-7)15(4-8(16)17)5-9(10,11)12/h2-3H,4-5H2,1H3,(H,16,17). The second-order valence-electron chi connectivity index (χ2n) is 3.28. The molecule has 0 radical (unpaired) electrons. The minimum atomic E-state index is -4.54. The zero-order valence-electron chi connectivity index (χ0n) is 9.31. The van der Waals surface area contributed by atoms with Gasteiger partial charge in [0.1, 0.15) is 13.1 Å². The molecule has 0 bridgehead atoms. The number of rotatable bonds is 5. The Morgan fingerprint density at radius 1 is 1.50 bits per heavy atom. The third-order valence-electron chi connectivity index (χ3n) is 1.83. The number of ether oxygens (including phenoxy) is 1. The van der Waals surface area contributed by atoms with E-state index in [2.05, 4.69) is 9.97 Å². The van der Waals surface area contributed by atoms with Gasteiger partial charge in [0.05, 0.1) is 19.5 Å². The van der Waals surface area contributed by atoms with E-state index in [1.165, 1.54) is 13.3 Å². The molecule has 1 aromatic rings. The van der Waals surface area contributed by atoms with Crippen molar-refractivity contribution >= 4 is 11.8 Å². The summed E-state index contributed by atoms with van der Waals surface area (Å²) in [5.41, 5.74) is 0.